The van der Waals surface area contributed by atoms with Gasteiger partial charge in [0.2, 0.25) is 5.75 Å². The van der Waals surface area contributed by atoms with Gasteiger partial charge in [0.05, 0.1) is 92.0 Å². The molecule has 14 nitrogen and oxygen atoms in total. The molecule has 0 aromatic heterocycles. The van der Waals surface area contributed by atoms with E-state index in [4.69, 9.17) is 56.8 Å². The van der Waals surface area contributed by atoms with Crippen molar-refractivity contribution in [3.63, 3.8) is 0 Å². The molecule has 2 aliphatic heterocycles. The number of hydrogen-bond acceptors (Lipinski definition) is 14. The molecular weight excluding hydrogens is 1000 g/mol. The Hall–Kier alpha value is -6.95. The smallest absolute Gasteiger partial charge is 0.338 e. The van der Waals surface area contributed by atoms with Gasteiger partial charge in [0, 0.05) is 6.42 Å². The minimum absolute atomic E-state index is 0.0688. The molecule has 79 heavy (non-hydrogen) atoms. The number of carbonyl (C=O) groups excluding carboxylic acids is 1. The van der Waals surface area contributed by atoms with Crippen LogP contribution in [0.25, 0.3) is 0 Å². The van der Waals surface area contributed by atoms with E-state index in [0.717, 1.165) is 33.4 Å². The third-order valence-electron chi connectivity index (χ3n) is 13.9. The number of benzene rings is 7. The second kappa shape index (κ2) is 29.3. The van der Waals surface area contributed by atoms with Gasteiger partial charge in [-0.3, -0.25) is 0 Å². The van der Waals surface area contributed by atoms with Crippen LogP contribution in [-0.2, 0) is 82.3 Å². The van der Waals surface area contributed by atoms with Crippen LogP contribution in [0.1, 0.15) is 50.2 Å². The number of esters is 1. The molecule has 0 radical (unpaired) electrons. The predicted molar refractivity (Wildman–Crippen MR) is 296 cm³/mol. The van der Waals surface area contributed by atoms with E-state index in [1.807, 2.05) is 182 Å². The summed E-state index contributed by atoms with van der Waals surface area (Å²) in [7, 11) is 4.41. The normalized spacial score (nSPS) is 20.3. The molecule has 2 aliphatic rings. The minimum Gasteiger partial charge on any atom is -0.493 e. The van der Waals surface area contributed by atoms with Crippen LogP contribution in [0.5, 0.6) is 17.2 Å². The van der Waals surface area contributed by atoms with Crippen LogP contribution >= 0.6 is 0 Å². The Bertz CT molecular complexity index is 2840. The highest BCUT2D eigenvalue weighted by molar-refractivity contribution is 5.91. The van der Waals surface area contributed by atoms with Gasteiger partial charge in [-0.1, -0.05) is 182 Å². The first-order valence-corrected chi connectivity index (χ1v) is 26.7. The topological polar surface area (TPSA) is 151 Å². The summed E-state index contributed by atoms with van der Waals surface area (Å²) in [5.74, 6) is -0.0465. The van der Waals surface area contributed by atoms with E-state index in [-0.39, 0.29) is 68.9 Å². The standard InChI is InChI=1S/C65H70O14/c1-68-53-34-51(35-54(69-2)59(53)70-3)65(67)79-58(63(76-41-49-30-18-8-19-31-49)61(56-44-72-56)74-39-47-26-14-6-15-27-47)52(66)36-55-60(73-38-46-24-12-5-13-25-46)64(77-42-50-32-20-9-21-33-50)62(75-40-48-28-16-7-17-29-48)57(78-55)43-71-37-45-22-10-4-11-23-45/h4-35,52,55-58,60-64,66H,36-44H2,1-3H3/t52-,55-,56-,57+,58+,60-,61+,62+,63+,64+/m0/s1. The lowest BCUT2D eigenvalue weighted by atomic mass is 9.88. The second-order valence-corrected chi connectivity index (χ2v) is 19.5. The first-order valence-electron chi connectivity index (χ1n) is 26.7. The second-order valence-electron chi connectivity index (χ2n) is 19.5. The third kappa shape index (κ3) is 16.1. The fourth-order valence-corrected chi connectivity index (χ4v) is 9.77. The van der Waals surface area contributed by atoms with Crippen molar-refractivity contribution >= 4 is 5.97 Å². The summed E-state index contributed by atoms with van der Waals surface area (Å²) in [6, 6.07) is 61.9. The van der Waals surface area contributed by atoms with Gasteiger partial charge in [0.15, 0.2) is 17.6 Å². The third-order valence-corrected chi connectivity index (χ3v) is 13.9. The first-order chi connectivity index (χ1) is 38.9. The van der Waals surface area contributed by atoms with E-state index in [1.165, 1.54) is 33.5 Å². The molecule has 2 heterocycles. The molecule has 1 N–H and O–H groups in total. The van der Waals surface area contributed by atoms with E-state index >= 15 is 0 Å². The van der Waals surface area contributed by atoms with Crippen LogP contribution in [0.15, 0.2) is 194 Å². The Morgan fingerprint density at radius 3 is 1.34 bits per heavy atom. The van der Waals surface area contributed by atoms with Gasteiger partial charge in [-0.25, -0.2) is 4.79 Å². The maximum atomic E-state index is 14.9. The lowest BCUT2D eigenvalue weighted by Crippen LogP contribution is -2.62. The summed E-state index contributed by atoms with van der Waals surface area (Å²) in [6.45, 7) is 1.62. The lowest BCUT2D eigenvalue weighted by Gasteiger charge is -2.47. The van der Waals surface area contributed by atoms with Crippen LogP contribution in [0, 0.1) is 0 Å². The summed E-state index contributed by atoms with van der Waals surface area (Å²) in [6.07, 6.45) is -9.62. The van der Waals surface area contributed by atoms with E-state index in [9.17, 15) is 9.90 Å². The zero-order chi connectivity index (χ0) is 54.6. The summed E-state index contributed by atoms with van der Waals surface area (Å²) in [4.78, 5) is 14.9. The Labute approximate surface area is 462 Å². The Balaban J connectivity index is 1.12. The molecule has 2 saturated heterocycles. The molecule has 10 atom stereocenters. The largest absolute Gasteiger partial charge is 0.493 e. The van der Waals surface area contributed by atoms with Crippen LogP contribution in [0.3, 0.4) is 0 Å². The van der Waals surface area contributed by atoms with Gasteiger partial charge in [0.1, 0.15) is 42.7 Å². The molecule has 7 aromatic rings. The van der Waals surface area contributed by atoms with Crippen molar-refractivity contribution < 1.29 is 66.7 Å². The number of methoxy groups -OCH3 is 3. The summed E-state index contributed by atoms with van der Waals surface area (Å²) >= 11 is 0. The number of ether oxygens (including phenoxy) is 12. The van der Waals surface area contributed by atoms with Crippen LogP contribution in [0.4, 0.5) is 0 Å². The zero-order valence-corrected chi connectivity index (χ0v) is 44.9. The fraction of sp³-hybridized carbons (Fsp3) is 0.338. The average Bonchev–Trinajstić information content (AvgIpc) is 4.38. The molecule has 414 valence electrons. The van der Waals surface area contributed by atoms with Crippen molar-refractivity contribution in [2.75, 3.05) is 34.5 Å². The number of rotatable bonds is 30. The molecule has 0 aliphatic carbocycles. The molecule has 2 fully saturated rings. The Morgan fingerprint density at radius 1 is 0.506 bits per heavy atom. The number of carbonyl (C=O) groups is 1. The molecule has 0 spiro atoms. The SMILES string of the molecule is COc1cc(C(=O)O[C@@H]([C@@H](OCc2ccccc2)[C@H](OCc2ccccc2)[C@@H]2CO2)[C@@H](O)C[C@@H]2O[C@H](COCc3ccccc3)[C@@H](OCc3ccccc3)[C@H](OCc3ccccc3)[C@H]2OCc2ccccc2)cc(OC)c1OC. The number of hydrogen-bond donors (Lipinski definition) is 1. The summed E-state index contributed by atoms with van der Waals surface area (Å²) < 4.78 is 78.0. The van der Waals surface area contributed by atoms with Crippen LogP contribution in [-0.4, -0.2) is 107 Å². The van der Waals surface area contributed by atoms with Gasteiger partial charge >= 0.3 is 5.97 Å². The highest BCUT2D eigenvalue weighted by Crippen LogP contribution is 2.40. The monoisotopic (exact) mass is 1070 g/mol. The van der Waals surface area contributed by atoms with Crippen molar-refractivity contribution in [1.29, 1.82) is 0 Å². The van der Waals surface area contributed by atoms with E-state index in [2.05, 4.69) is 0 Å². The minimum atomic E-state index is -1.51. The first kappa shape index (κ1) is 56.8. The molecule has 9 rings (SSSR count). The molecule has 14 heteroatoms. The molecule has 0 saturated carbocycles. The predicted octanol–water partition coefficient (Wildman–Crippen LogP) is 10.3. The van der Waals surface area contributed by atoms with E-state index in [0.29, 0.717) is 13.2 Å². The maximum absolute atomic E-state index is 14.9. The molecule has 0 amide bonds. The van der Waals surface area contributed by atoms with Gasteiger partial charge in [-0.15, -0.1) is 0 Å². The van der Waals surface area contributed by atoms with Gasteiger partial charge in [-0.05, 0) is 45.5 Å². The molecule has 0 unspecified atom stereocenters. The molecular formula is C65H70O14. The van der Waals surface area contributed by atoms with E-state index in [1.54, 1.807) is 0 Å². The molecule has 0 bridgehead atoms. The maximum Gasteiger partial charge on any atom is 0.338 e. The van der Waals surface area contributed by atoms with Crippen LogP contribution < -0.4 is 14.2 Å². The number of aliphatic hydroxyl groups excluding tert-OH is 1. The van der Waals surface area contributed by atoms with Crippen molar-refractivity contribution in [3.05, 3.63) is 233 Å². The number of epoxide rings is 1. The summed E-state index contributed by atoms with van der Waals surface area (Å²) in [5.41, 5.74) is 5.60. The quantitative estimate of drug-likeness (QED) is 0.0336. The molecule has 7 aromatic carbocycles. The van der Waals surface area contributed by atoms with Crippen molar-refractivity contribution in [3.8, 4) is 17.2 Å². The van der Waals surface area contributed by atoms with Crippen molar-refractivity contribution in [2.24, 2.45) is 0 Å². The number of aliphatic hydroxyl groups is 1. The van der Waals surface area contributed by atoms with Crippen molar-refractivity contribution in [2.45, 2.75) is 107 Å². The lowest BCUT2D eigenvalue weighted by molar-refractivity contribution is -0.278. The van der Waals surface area contributed by atoms with Gasteiger partial charge in [0.25, 0.3) is 0 Å². The summed E-state index contributed by atoms with van der Waals surface area (Å²) in [5, 5.41) is 13.3. The zero-order valence-electron chi connectivity index (χ0n) is 44.9. The van der Waals surface area contributed by atoms with Crippen LogP contribution in [0.2, 0.25) is 0 Å². The fourth-order valence-electron chi connectivity index (χ4n) is 9.77. The average molecular weight is 1080 g/mol. The Morgan fingerprint density at radius 2 is 0.911 bits per heavy atom. The van der Waals surface area contributed by atoms with Crippen molar-refractivity contribution in [1.82, 2.24) is 0 Å². The highest BCUT2D eigenvalue weighted by Gasteiger charge is 2.52. The van der Waals surface area contributed by atoms with Gasteiger partial charge < -0.3 is 61.9 Å². The Kier molecular flexibility index (Phi) is 21.1. The van der Waals surface area contributed by atoms with E-state index < -0.39 is 67.0 Å². The highest BCUT2D eigenvalue weighted by atomic mass is 16.6. The van der Waals surface area contributed by atoms with Gasteiger partial charge in [-0.2, -0.15) is 0 Å².